The molecule has 1 unspecified atom stereocenters. The molecule has 1 saturated heterocycles. The molecule has 2 aliphatic rings. The molecule has 1 atom stereocenters. The van der Waals surface area contributed by atoms with Gasteiger partial charge in [0.2, 0.25) is 5.91 Å². The minimum absolute atomic E-state index is 0.104. The Labute approximate surface area is 79.5 Å². The van der Waals surface area contributed by atoms with Crippen molar-refractivity contribution in [2.45, 2.75) is 38.6 Å². The molecule has 1 amide bonds. The molecule has 3 heteroatoms. The van der Waals surface area contributed by atoms with E-state index in [0.29, 0.717) is 11.8 Å². The summed E-state index contributed by atoms with van der Waals surface area (Å²) in [5.74, 6) is 0.965. The molecule has 0 bridgehead atoms. The van der Waals surface area contributed by atoms with Crippen molar-refractivity contribution in [2.75, 3.05) is 13.2 Å². The molecule has 0 radical (unpaired) electrons. The first-order valence-corrected chi connectivity index (χ1v) is 5.22. The number of hydrogen-bond acceptors (Lipinski definition) is 2. The Bertz CT molecular complexity index is 223. The van der Waals surface area contributed by atoms with E-state index in [4.69, 9.17) is 0 Å². The van der Waals surface area contributed by atoms with Crippen LogP contribution < -0.4 is 5.32 Å². The smallest absolute Gasteiger partial charge is 0.243 e. The predicted molar refractivity (Wildman–Crippen MR) is 51.1 cm³/mol. The van der Waals surface area contributed by atoms with Crippen LogP contribution in [0.4, 0.5) is 0 Å². The van der Waals surface area contributed by atoms with Crippen LogP contribution in [-0.2, 0) is 4.79 Å². The fourth-order valence-electron chi connectivity index (χ4n) is 1.87. The first-order valence-electron chi connectivity index (χ1n) is 5.22. The maximum absolute atomic E-state index is 11.8. The third kappa shape index (κ3) is 1.46. The second-order valence-electron chi connectivity index (χ2n) is 4.46. The molecule has 0 aromatic heterocycles. The largest absolute Gasteiger partial charge is 0.328 e. The van der Waals surface area contributed by atoms with Gasteiger partial charge in [-0.1, -0.05) is 20.3 Å². The van der Waals surface area contributed by atoms with E-state index in [1.165, 1.54) is 0 Å². The average molecular weight is 182 g/mol. The third-order valence-electron chi connectivity index (χ3n) is 3.28. The zero-order valence-corrected chi connectivity index (χ0v) is 8.47. The molecule has 1 spiro atoms. The van der Waals surface area contributed by atoms with Crippen molar-refractivity contribution in [3.8, 4) is 0 Å². The lowest BCUT2D eigenvalue weighted by Crippen LogP contribution is -2.34. The zero-order valence-electron chi connectivity index (χ0n) is 8.47. The van der Waals surface area contributed by atoms with E-state index in [-0.39, 0.29) is 5.54 Å². The Kier molecular flexibility index (Phi) is 2.06. The lowest BCUT2D eigenvalue weighted by Gasteiger charge is -2.19. The highest BCUT2D eigenvalue weighted by molar-refractivity contribution is 5.91. The fraction of sp³-hybridized carbons (Fsp3) is 0.900. The lowest BCUT2D eigenvalue weighted by molar-refractivity contribution is -0.130. The average Bonchev–Trinajstić information content (AvgIpc) is 2.85. The maximum Gasteiger partial charge on any atom is 0.243 e. The Morgan fingerprint density at radius 1 is 1.62 bits per heavy atom. The zero-order chi connectivity index (χ0) is 9.47. The van der Waals surface area contributed by atoms with Crippen LogP contribution in [0.1, 0.15) is 33.1 Å². The van der Waals surface area contributed by atoms with Crippen molar-refractivity contribution in [3.05, 3.63) is 0 Å². The van der Waals surface area contributed by atoms with E-state index < -0.39 is 0 Å². The normalized spacial score (nSPS) is 26.9. The minimum Gasteiger partial charge on any atom is -0.328 e. The van der Waals surface area contributed by atoms with Crippen LogP contribution >= 0.6 is 0 Å². The molecule has 74 valence electrons. The van der Waals surface area contributed by atoms with E-state index in [9.17, 15) is 4.79 Å². The van der Waals surface area contributed by atoms with Crippen molar-refractivity contribution < 1.29 is 4.79 Å². The monoisotopic (exact) mass is 182 g/mol. The molecular formula is C10H18N2O. The molecule has 0 aromatic carbocycles. The van der Waals surface area contributed by atoms with Crippen molar-refractivity contribution in [1.82, 2.24) is 10.2 Å². The van der Waals surface area contributed by atoms with Gasteiger partial charge in [-0.2, -0.15) is 0 Å². The number of nitrogens with one attached hydrogen (secondary N) is 1. The fourth-order valence-corrected chi connectivity index (χ4v) is 1.87. The molecule has 3 nitrogen and oxygen atoms in total. The second-order valence-corrected chi connectivity index (χ2v) is 4.46. The number of nitrogens with zero attached hydrogens (tertiary/aromatic N) is 1. The first-order chi connectivity index (χ1) is 6.18. The summed E-state index contributed by atoms with van der Waals surface area (Å²) in [5, 5.41) is 3.31. The molecule has 1 aliphatic carbocycles. The summed E-state index contributed by atoms with van der Waals surface area (Å²) in [6, 6.07) is 0. The summed E-state index contributed by atoms with van der Waals surface area (Å²) in [5.41, 5.74) is -0.104. The van der Waals surface area contributed by atoms with Gasteiger partial charge in [-0.25, -0.2) is 0 Å². The van der Waals surface area contributed by atoms with Gasteiger partial charge in [-0.05, 0) is 18.8 Å². The van der Waals surface area contributed by atoms with Gasteiger partial charge in [0.05, 0.1) is 12.2 Å². The van der Waals surface area contributed by atoms with E-state index in [0.717, 1.165) is 32.5 Å². The van der Waals surface area contributed by atoms with Crippen LogP contribution in [0.15, 0.2) is 0 Å². The number of amides is 1. The summed E-state index contributed by atoms with van der Waals surface area (Å²) < 4.78 is 0. The van der Waals surface area contributed by atoms with E-state index in [2.05, 4.69) is 19.2 Å². The van der Waals surface area contributed by atoms with Crippen LogP contribution in [0.5, 0.6) is 0 Å². The minimum atomic E-state index is -0.104. The predicted octanol–water partition coefficient (Wildman–Crippen LogP) is 0.954. The van der Waals surface area contributed by atoms with Gasteiger partial charge in [-0.3, -0.25) is 10.1 Å². The molecule has 2 fully saturated rings. The first kappa shape index (κ1) is 9.00. The van der Waals surface area contributed by atoms with Gasteiger partial charge in [-0.15, -0.1) is 0 Å². The number of hydrogen-bond donors (Lipinski definition) is 1. The third-order valence-corrected chi connectivity index (χ3v) is 3.28. The summed E-state index contributed by atoms with van der Waals surface area (Å²) in [4.78, 5) is 13.8. The second kappa shape index (κ2) is 2.98. The summed E-state index contributed by atoms with van der Waals surface area (Å²) in [7, 11) is 0. The lowest BCUT2D eigenvalue weighted by atomic mass is 10.1. The molecule has 13 heavy (non-hydrogen) atoms. The summed E-state index contributed by atoms with van der Waals surface area (Å²) in [6.45, 7) is 6.06. The Morgan fingerprint density at radius 3 is 2.77 bits per heavy atom. The summed E-state index contributed by atoms with van der Waals surface area (Å²) in [6.07, 6.45) is 3.24. The Morgan fingerprint density at radius 2 is 2.31 bits per heavy atom. The van der Waals surface area contributed by atoms with Gasteiger partial charge in [0, 0.05) is 6.54 Å². The highest BCUT2D eigenvalue weighted by Crippen LogP contribution is 2.40. The topological polar surface area (TPSA) is 32.3 Å². The van der Waals surface area contributed by atoms with Crippen LogP contribution in [-0.4, -0.2) is 29.6 Å². The molecule has 1 saturated carbocycles. The number of carbonyl (C=O) groups excluding carboxylic acids is 1. The Balaban J connectivity index is 1.92. The molecule has 1 aliphatic heterocycles. The van der Waals surface area contributed by atoms with Crippen LogP contribution in [0.2, 0.25) is 0 Å². The van der Waals surface area contributed by atoms with E-state index in [1.807, 2.05) is 4.90 Å². The Hall–Kier alpha value is -0.570. The SMILES string of the molecule is CCC(C)CN1CNC2(CC2)C1=O. The van der Waals surface area contributed by atoms with Gasteiger partial charge in [0.15, 0.2) is 0 Å². The molecule has 1 N–H and O–H groups in total. The summed E-state index contributed by atoms with van der Waals surface area (Å²) >= 11 is 0. The standard InChI is InChI=1S/C10H18N2O/c1-3-8(2)6-12-7-11-10(4-5-10)9(12)13/h8,11H,3-7H2,1-2H3. The van der Waals surface area contributed by atoms with E-state index >= 15 is 0 Å². The molecule has 0 aromatic rings. The maximum atomic E-state index is 11.8. The van der Waals surface area contributed by atoms with Crippen LogP contribution in [0, 0.1) is 5.92 Å². The highest BCUT2D eigenvalue weighted by Gasteiger charge is 2.55. The van der Waals surface area contributed by atoms with Gasteiger partial charge in [0.1, 0.15) is 0 Å². The van der Waals surface area contributed by atoms with Crippen molar-refractivity contribution in [3.63, 3.8) is 0 Å². The van der Waals surface area contributed by atoms with Crippen LogP contribution in [0.25, 0.3) is 0 Å². The molecular weight excluding hydrogens is 164 g/mol. The van der Waals surface area contributed by atoms with Crippen molar-refractivity contribution >= 4 is 5.91 Å². The highest BCUT2D eigenvalue weighted by atomic mass is 16.2. The van der Waals surface area contributed by atoms with E-state index in [1.54, 1.807) is 0 Å². The number of carbonyl (C=O) groups is 1. The molecule has 1 heterocycles. The molecule has 2 rings (SSSR count). The van der Waals surface area contributed by atoms with Crippen molar-refractivity contribution in [1.29, 1.82) is 0 Å². The van der Waals surface area contributed by atoms with Gasteiger partial charge in [0.25, 0.3) is 0 Å². The quantitative estimate of drug-likeness (QED) is 0.705. The number of rotatable bonds is 3. The van der Waals surface area contributed by atoms with Gasteiger partial charge < -0.3 is 4.90 Å². The van der Waals surface area contributed by atoms with Crippen LogP contribution in [0.3, 0.4) is 0 Å². The van der Waals surface area contributed by atoms with Crippen molar-refractivity contribution in [2.24, 2.45) is 5.92 Å². The van der Waals surface area contributed by atoms with Gasteiger partial charge >= 0.3 is 0 Å².